The lowest BCUT2D eigenvalue weighted by molar-refractivity contribution is -0.139. The van der Waals surface area contributed by atoms with Crippen molar-refractivity contribution >= 4 is 28.3 Å². The molecule has 3 aromatic rings. The standard InChI is InChI=1S/C26H31N3O5S/c1-16(2)12-21(25(31)32)27-24(30)18-8-6-17(7-9-18)14-29(3)26-28-22(15-35-26)20-13-19(33-4)10-11-23(20)34-5/h6-11,13,15-16,21H,12,14H2,1-5H3,(H,27,30)(H,31,32). The number of nitrogens with zero attached hydrogens (tertiary/aromatic N) is 2. The van der Waals surface area contributed by atoms with Gasteiger partial charge in [-0.3, -0.25) is 4.79 Å². The molecule has 1 heterocycles. The molecule has 0 saturated heterocycles. The lowest BCUT2D eigenvalue weighted by Gasteiger charge is -2.17. The Morgan fingerprint density at radius 1 is 1.11 bits per heavy atom. The monoisotopic (exact) mass is 497 g/mol. The number of thiazole rings is 1. The number of carboxylic acid groups (broad SMARTS) is 1. The van der Waals surface area contributed by atoms with Crippen LogP contribution in [0, 0.1) is 5.92 Å². The molecule has 0 radical (unpaired) electrons. The number of nitrogens with one attached hydrogen (secondary N) is 1. The van der Waals surface area contributed by atoms with Gasteiger partial charge >= 0.3 is 5.97 Å². The van der Waals surface area contributed by atoms with E-state index >= 15 is 0 Å². The lowest BCUT2D eigenvalue weighted by Crippen LogP contribution is -2.41. The first-order valence-corrected chi connectivity index (χ1v) is 12.1. The van der Waals surface area contributed by atoms with Crippen molar-refractivity contribution in [2.75, 3.05) is 26.2 Å². The van der Waals surface area contributed by atoms with Crippen LogP contribution < -0.4 is 19.7 Å². The molecule has 9 heteroatoms. The van der Waals surface area contributed by atoms with Crippen molar-refractivity contribution in [1.82, 2.24) is 10.3 Å². The van der Waals surface area contributed by atoms with E-state index in [0.29, 0.717) is 18.5 Å². The van der Waals surface area contributed by atoms with E-state index in [1.807, 2.05) is 61.5 Å². The van der Waals surface area contributed by atoms with Gasteiger partial charge in [-0.2, -0.15) is 0 Å². The molecule has 186 valence electrons. The zero-order valence-electron chi connectivity index (χ0n) is 20.6. The van der Waals surface area contributed by atoms with Gasteiger partial charge in [0.2, 0.25) is 0 Å². The molecule has 0 bridgehead atoms. The summed E-state index contributed by atoms with van der Waals surface area (Å²) in [7, 11) is 5.20. The highest BCUT2D eigenvalue weighted by Gasteiger charge is 2.22. The molecule has 1 atom stereocenters. The SMILES string of the molecule is COc1ccc(OC)c(-c2csc(N(C)Cc3ccc(C(=O)NC(CC(C)C)C(=O)O)cc3)n2)c1. The van der Waals surface area contributed by atoms with Crippen LogP contribution in [0.5, 0.6) is 11.5 Å². The number of ether oxygens (including phenoxy) is 2. The minimum atomic E-state index is -1.03. The Morgan fingerprint density at radius 3 is 2.43 bits per heavy atom. The number of anilines is 1. The molecule has 0 saturated carbocycles. The number of hydrogen-bond acceptors (Lipinski definition) is 7. The normalized spacial score (nSPS) is 11.7. The van der Waals surface area contributed by atoms with Gasteiger partial charge < -0.3 is 24.8 Å². The summed E-state index contributed by atoms with van der Waals surface area (Å²) in [5.74, 6) is 0.185. The van der Waals surface area contributed by atoms with Gasteiger partial charge in [-0.15, -0.1) is 11.3 Å². The Morgan fingerprint density at radius 2 is 1.83 bits per heavy atom. The maximum atomic E-state index is 12.5. The zero-order chi connectivity index (χ0) is 25.5. The number of carbonyl (C=O) groups is 2. The fraction of sp³-hybridized carbons (Fsp3) is 0.346. The maximum absolute atomic E-state index is 12.5. The first-order chi connectivity index (χ1) is 16.7. The second kappa shape index (κ2) is 11.7. The average molecular weight is 498 g/mol. The Labute approximate surface area is 209 Å². The predicted octanol–water partition coefficient (Wildman–Crippen LogP) is 4.69. The smallest absolute Gasteiger partial charge is 0.326 e. The summed E-state index contributed by atoms with van der Waals surface area (Å²) in [6.07, 6.45) is 0.376. The Balaban J connectivity index is 1.67. The summed E-state index contributed by atoms with van der Waals surface area (Å²) in [6.45, 7) is 4.44. The summed E-state index contributed by atoms with van der Waals surface area (Å²) >= 11 is 1.53. The molecule has 0 aliphatic carbocycles. The van der Waals surface area contributed by atoms with Crippen LogP contribution in [0.15, 0.2) is 47.8 Å². The van der Waals surface area contributed by atoms with Gasteiger partial charge in [0.1, 0.15) is 17.5 Å². The molecule has 0 aliphatic heterocycles. The molecule has 1 unspecified atom stereocenters. The molecule has 0 fully saturated rings. The summed E-state index contributed by atoms with van der Waals surface area (Å²) in [5.41, 5.74) is 3.08. The first kappa shape index (κ1) is 26.0. The Bertz CT molecular complexity index is 1160. The highest BCUT2D eigenvalue weighted by atomic mass is 32.1. The van der Waals surface area contributed by atoms with Gasteiger partial charge in [-0.1, -0.05) is 26.0 Å². The van der Waals surface area contributed by atoms with E-state index in [2.05, 4.69) is 5.32 Å². The molecular weight excluding hydrogens is 466 g/mol. The third kappa shape index (κ3) is 6.73. The second-order valence-corrected chi connectivity index (χ2v) is 9.46. The van der Waals surface area contributed by atoms with Crippen LogP contribution in [0.25, 0.3) is 11.3 Å². The van der Waals surface area contributed by atoms with Gasteiger partial charge in [-0.25, -0.2) is 9.78 Å². The van der Waals surface area contributed by atoms with Crippen LogP contribution in [0.2, 0.25) is 0 Å². The van der Waals surface area contributed by atoms with Gasteiger partial charge in [-0.05, 0) is 48.2 Å². The lowest BCUT2D eigenvalue weighted by atomic mass is 10.0. The molecule has 2 aromatic carbocycles. The Kier molecular flexibility index (Phi) is 8.70. The molecule has 35 heavy (non-hydrogen) atoms. The van der Waals surface area contributed by atoms with Crippen molar-refractivity contribution in [3.8, 4) is 22.8 Å². The van der Waals surface area contributed by atoms with Crippen LogP contribution in [-0.4, -0.2) is 49.3 Å². The van der Waals surface area contributed by atoms with Crippen molar-refractivity contribution < 1.29 is 24.2 Å². The fourth-order valence-corrected chi connectivity index (χ4v) is 4.41. The van der Waals surface area contributed by atoms with Gasteiger partial charge in [0.05, 0.1) is 19.9 Å². The first-order valence-electron chi connectivity index (χ1n) is 11.2. The summed E-state index contributed by atoms with van der Waals surface area (Å²) in [5, 5.41) is 14.8. The number of aliphatic carboxylic acids is 1. The molecular formula is C26H31N3O5S. The van der Waals surface area contributed by atoms with Gasteiger partial charge in [0.25, 0.3) is 5.91 Å². The molecule has 0 spiro atoms. The number of methoxy groups -OCH3 is 2. The molecule has 2 N–H and O–H groups in total. The number of hydrogen-bond donors (Lipinski definition) is 2. The van der Waals surface area contributed by atoms with Crippen molar-refractivity contribution in [2.24, 2.45) is 5.92 Å². The quantitative estimate of drug-likeness (QED) is 0.396. The van der Waals surface area contributed by atoms with Crippen molar-refractivity contribution in [3.63, 3.8) is 0 Å². The summed E-state index contributed by atoms with van der Waals surface area (Å²) in [6, 6.07) is 11.8. The molecule has 8 nitrogen and oxygen atoms in total. The number of benzene rings is 2. The summed E-state index contributed by atoms with van der Waals surface area (Å²) in [4.78, 5) is 30.7. The van der Waals surface area contributed by atoms with Gasteiger partial charge in [0, 0.05) is 30.1 Å². The highest BCUT2D eigenvalue weighted by molar-refractivity contribution is 7.14. The van der Waals surface area contributed by atoms with E-state index < -0.39 is 17.9 Å². The van der Waals surface area contributed by atoms with Crippen molar-refractivity contribution in [2.45, 2.75) is 32.9 Å². The van der Waals surface area contributed by atoms with E-state index in [1.54, 1.807) is 26.4 Å². The zero-order valence-corrected chi connectivity index (χ0v) is 21.4. The van der Waals surface area contributed by atoms with E-state index in [0.717, 1.165) is 33.5 Å². The third-order valence-electron chi connectivity index (χ3n) is 5.45. The predicted molar refractivity (Wildman–Crippen MR) is 138 cm³/mol. The van der Waals surface area contributed by atoms with Crippen LogP contribution in [0.3, 0.4) is 0 Å². The number of amides is 1. The molecule has 3 rings (SSSR count). The fourth-order valence-electron chi connectivity index (χ4n) is 3.62. The highest BCUT2D eigenvalue weighted by Crippen LogP contribution is 2.35. The third-order valence-corrected chi connectivity index (χ3v) is 6.40. The minimum absolute atomic E-state index is 0.158. The summed E-state index contributed by atoms with van der Waals surface area (Å²) < 4.78 is 10.8. The maximum Gasteiger partial charge on any atom is 0.326 e. The van der Waals surface area contributed by atoms with Crippen molar-refractivity contribution in [3.05, 3.63) is 59.0 Å². The molecule has 1 aromatic heterocycles. The van der Waals surface area contributed by atoms with E-state index in [4.69, 9.17) is 14.5 Å². The van der Waals surface area contributed by atoms with E-state index in [9.17, 15) is 14.7 Å². The minimum Gasteiger partial charge on any atom is -0.497 e. The van der Waals surface area contributed by atoms with Crippen molar-refractivity contribution in [1.29, 1.82) is 0 Å². The van der Waals surface area contributed by atoms with E-state index in [1.165, 1.54) is 11.3 Å². The molecule has 0 aliphatic rings. The largest absolute Gasteiger partial charge is 0.497 e. The van der Waals surface area contributed by atoms with Crippen LogP contribution in [0.4, 0.5) is 5.13 Å². The second-order valence-electron chi connectivity index (χ2n) is 8.63. The van der Waals surface area contributed by atoms with Crippen LogP contribution >= 0.6 is 11.3 Å². The topological polar surface area (TPSA) is 101 Å². The Hall–Kier alpha value is -3.59. The van der Waals surface area contributed by atoms with Crippen LogP contribution in [0.1, 0.15) is 36.2 Å². The number of rotatable bonds is 11. The average Bonchev–Trinajstić information content (AvgIpc) is 3.33. The van der Waals surface area contributed by atoms with E-state index in [-0.39, 0.29) is 5.92 Å². The van der Waals surface area contributed by atoms with Gasteiger partial charge in [0.15, 0.2) is 5.13 Å². The molecule has 1 amide bonds. The van der Waals surface area contributed by atoms with Crippen LogP contribution in [-0.2, 0) is 11.3 Å². The number of carboxylic acids is 1. The number of aromatic nitrogens is 1. The number of carbonyl (C=O) groups excluding carboxylic acids is 1.